The van der Waals surface area contributed by atoms with Gasteiger partial charge in [-0.05, 0) is 29.7 Å². The largest absolute Gasteiger partial charge is 0.345 e. The number of carbonyl (C=O) groups is 2. The number of halogens is 2. The molecule has 142 valence electrons. The normalized spacial score (nSPS) is 18.6. The highest BCUT2D eigenvalue weighted by molar-refractivity contribution is 5.88. The Morgan fingerprint density at radius 1 is 1.30 bits per heavy atom. The van der Waals surface area contributed by atoms with Gasteiger partial charge in [0.05, 0.1) is 12.1 Å². The lowest BCUT2D eigenvalue weighted by Crippen LogP contribution is -2.50. The van der Waals surface area contributed by atoms with E-state index in [4.69, 9.17) is 0 Å². The minimum absolute atomic E-state index is 0.0745. The fourth-order valence-corrected chi connectivity index (χ4v) is 3.20. The van der Waals surface area contributed by atoms with Gasteiger partial charge in [0, 0.05) is 25.4 Å². The molecule has 6 nitrogen and oxygen atoms in total. The molecule has 0 bridgehead atoms. The highest BCUT2D eigenvalue weighted by atomic mass is 19.3. The van der Waals surface area contributed by atoms with Gasteiger partial charge in [0.25, 0.3) is 5.91 Å². The second-order valence-electron chi connectivity index (χ2n) is 6.40. The van der Waals surface area contributed by atoms with Crippen LogP contribution in [0.3, 0.4) is 0 Å². The van der Waals surface area contributed by atoms with Crippen LogP contribution >= 0.6 is 0 Å². The first-order valence-electron chi connectivity index (χ1n) is 8.57. The van der Waals surface area contributed by atoms with Crippen molar-refractivity contribution in [2.24, 2.45) is 0 Å². The van der Waals surface area contributed by atoms with Crippen LogP contribution in [-0.2, 0) is 22.6 Å². The average Bonchev–Trinajstić information content (AvgIpc) is 3.28. The summed E-state index contributed by atoms with van der Waals surface area (Å²) in [6, 6.07) is 7.67. The molecule has 1 heterocycles. The van der Waals surface area contributed by atoms with E-state index in [0.29, 0.717) is 6.42 Å². The Morgan fingerprint density at radius 2 is 2.07 bits per heavy atom. The van der Waals surface area contributed by atoms with Gasteiger partial charge in [0.2, 0.25) is 5.91 Å². The molecule has 0 unspecified atom stereocenters. The van der Waals surface area contributed by atoms with Crippen LogP contribution in [0, 0.1) is 0 Å². The van der Waals surface area contributed by atoms with Crippen LogP contribution in [0.5, 0.6) is 0 Å². The molecule has 1 aromatic carbocycles. The number of nitrogens with one attached hydrogen (secondary N) is 2. The van der Waals surface area contributed by atoms with E-state index in [9.17, 15) is 18.4 Å². The van der Waals surface area contributed by atoms with Crippen molar-refractivity contribution in [2.45, 2.75) is 37.4 Å². The molecule has 0 spiro atoms. The van der Waals surface area contributed by atoms with Crippen LogP contribution in [0.2, 0.25) is 0 Å². The summed E-state index contributed by atoms with van der Waals surface area (Å²) in [5, 5.41) is 8.98. The van der Waals surface area contributed by atoms with Gasteiger partial charge in [-0.25, -0.2) is 0 Å². The predicted octanol–water partition coefficient (Wildman–Crippen LogP) is 1.99. The predicted molar refractivity (Wildman–Crippen MR) is 94.9 cm³/mol. The average molecular weight is 374 g/mol. The zero-order chi connectivity index (χ0) is 19.4. The second kappa shape index (κ2) is 7.69. The lowest BCUT2D eigenvalue weighted by atomic mass is 10.1. The number of benzene rings is 1. The van der Waals surface area contributed by atoms with E-state index in [-0.39, 0.29) is 6.54 Å². The van der Waals surface area contributed by atoms with Gasteiger partial charge in [-0.2, -0.15) is 13.9 Å². The standard InChI is InChI=1S/C19H20F2N4O2/c1-2-16(26)24-17-14-7-4-3-6-13(14)12-15(17)23-18(27)19(20,21)8-11-25-10-5-9-22-25/h2-7,9-10,15,17H,1,8,11-12H2,(H,23,27)(H,24,26)/t15-,17-/m1/s1. The summed E-state index contributed by atoms with van der Waals surface area (Å²) < 4.78 is 29.9. The topological polar surface area (TPSA) is 76.0 Å². The Morgan fingerprint density at radius 3 is 2.78 bits per heavy atom. The number of amides is 2. The molecule has 27 heavy (non-hydrogen) atoms. The van der Waals surface area contributed by atoms with E-state index < -0.39 is 36.2 Å². The maximum atomic E-state index is 14.3. The minimum atomic E-state index is -3.55. The SMILES string of the molecule is C=CC(=O)N[C@@H]1c2ccccc2C[C@H]1NC(=O)C(F)(F)CCn1cccn1. The smallest absolute Gasteiger partial charge is 0.326 e. The maximum Gasteiger partial charge on any atom is 0.326 e. The summed E-state index contributed by atoms with van der Waals surface area (Å²) in [6.45, 7) is 3.33. The minimum Gasteiger partial charge on any atom is -0.345 e. The van der Waals surface area contributed by atoms with Crippen molar-refractivity contribution in [2.75, 3.05) is 0 Å². The van der Waals surface area contributed by atoms with Crippen molar-refractivity contribution < 1.29 is 18.4 Å². The third-order valence-corrected chi connectivity index (χ3v) is 4.58. The number of carbonyl (C=O) groups excluding carboxylic acids is 2. The number of hydrogen-bond donors (Lipinski definition) is 2. The molecule has 1 aromatic heterocycles. The summed E-state index contributed by atoms with van der Waals surface area (Å²) >= 11 is 0. The van der Waals surface area contributed by atoms with E-state index in [1.807, 2.05) is 18.2 Å². The molecule has 2 aromatic rings. The number of rotatable bonds is 7. The van der Waals surface area contributed by atoms with Gasteiger partial charge < -0.3 is 10.6 Å². The van der Waals surface area contributed by atoms with Gasteiger partial charge in [0.1, 0.15) is 0 Å². The Labute approximate surface area is 155 Å². The number of hydrogen-bond acceptors (Lipinski definition) is 3. The molecule has 0 radical (unpaired) electrons. The Hall–Kier alpha value is -3.03. The maximum absolute atomic E-state index is 14.3. The van der Waals surface area contributed by atoms with Crippen molar-refractivity contribution in [1.29, 1.82) is 0 Å². The zero-order valence-corrected chi connectivity index (χ0v) is 14.6. The van der Waals surface area contributed by atoms with E-state index in [2.05, 4.69) is 22.3 Å². The van der Waals surface area contributed by atoms with Gasteiger partial charge in [0.15, 0.2) is 0 Å². The van der Waals surface area contributed by atoms with Crippen molar-refractivity contribution >= 4 is 11.8 Å². The fourth-order valence-electron chi connectivity index (χ4n) is 3.20. The highest BCUT2D eigenvalue weighted by Crippen LogP contribution is 2.32. The molecule has 0 saturated carbocycles. The number of aryl methyl sites for hydroxylation is 1. The lowest BCUT2D eigenvalue weighted by Gasteiger charge is -2.25. The molecule has 2 amide bonds. The lowest BCUT2D eigenvalue weighted by molar-refractivity contribution is -0.148. The summed E-state index contributed by atoms with van der Waals surface area (Å²) in [5.41, 5.74) is 1.70. The first-order chi connectivity index (χ1) is 12.9. The third-order valence-electron chi connectivity index (χ3n) is 4.58. The van der Waals surface area contributed by atoms with Gasteiger partial charge in [-0.1, -0.05) is 30.8 Å². The molecule has 2 atom stereocenters. The van der Waals surface area contributed by atoms with E-state index in [1.54, 1.807) is 18.3 Å². The molecule has 8 heteroatoms. The summed E-state index contributed by atoms with van der Waals surface area (Å²) in [7, 11) is 0. The van der Waals surface area contributed by atoms with Gasteiger partial charge >= 0.3 is 5.92 Å². The quantitative estimate of drug-likeness (QED) is 0.728. The van der Waals surface area contributed by atoms with Crippen LogP contribution in [0.4, 0.5) is 8.78 Å². The number of aromatic nitrogens is 2. The van der Waals surface area contributed by atoms with Gasteiger partial charge in [-0.15, -0.1) is 0 Å². The van der Waals surface area contributed by atoms with Crippen LogP contribution in [0.1, 0.15) is 23.6 Å². The van der Waals surface area contributed by atoms with Gasteiger partial charge in [-0.3, -0.25) is 14.3 Å². The van der Waals surface area contributed by atoms with Crippen LogP contribution in [0.15, 0.2) is 55.4 Å². The highest BCUT2D eigenvalue weighted by Gasteiger charge is 2.42. The Kier molecular flexibility index (Phi) is 5.34. The molecule has 2 N–H and O–H groups in total. The molecule has 0 aliphatic heterocycles. The van der Waals surface area contributed by atoms with Crippen molar-refractivity contribution in [3.05, 3.63) is 66.5 Å². The van der Waals surface area contributed by atoms with Crippen LogP contribution in [-0.4, -0.2) is 33.6 Å². The fraction of sp³-hybridized carbons (Fsp3) is 0.316. The molecule has 1 aliphatic carbocycles. The number of alkyl halides is 2. The van der Waals surface area contributed by atoms with E-state index in [0.717, 1.165) is 17.2 Å². The molecule has 3 rings (SSSR count). The van der Waals surface area contributed by atoms with Crippen molar-refractivity contribution in [3.8, 4) is 0 Å². The van der Waals surface area contributed by atoms with E-state index in [1.165, 1.54) is 10.9 Å². The molecular formula is C19H20F2N4O2. The second-order valence-corrected chi connectivity index (χ2v) is 6.40. The third kappa shape index (κ3) is 4.21. The number of fused-ring (bicyclic) bond motifs is 1. The summed E-state index contributed by atoms with van der Waals surface area (Å²) in [4.78, 5) is 23.9. The van der Waals surface area contributed by atoms with Crippen LogP contribution in [0.25, 0.3) is 0 Å². The summed E-state index contributed by atoms with van der Waals surface area (Å²) in [5.74, 6) is -5.33. The Balaban J connectivity index is 1.69. The van der Waals surface area contributed by atoms with E-state index >= 15 is 0 Å². The van der Waals surface area contributed by atoms with Crippen molar-refractivity contribution in [1.82, 2.24) is 20.4 Å². The first-order valence-corrected chi connectivity index (χ1v) is 8.57. The first kappa shape index (κ1) is 18.8. The summed E-state index contributed by atoms with van der Waals surface area (Å²) in [6.07, 6.45) is 3.85. The van der Waals surface area contributed by atoms with Crippen molar-refractivity contribution in [3.63, 3.8) is 0 Å². The molecule has 0 fully saturated rings. The molecule has 0 saturated heterocycles. The molecular weight excluding hydrogens is 354 g/mol. The monoisotopic (exact) mass is 374 g/mol. The molecule has 1 aliphatic rings. The Bertz CT molecular complexity index is 836. The van der Waals surface area contributed by atoms with Crippen LogP contribution < -0.4 is 10.6 Å². The number of nitrogens with zero attached hydrogens (tertiary/aromatic N) is 2. The zero-order valence-electron chi connectivity index (χ0n) is 14.6.